The SMILES string of the molecule is C1=CC(c2ccc(N(C3=CC(c4cccc5c6c(oc45)C=CCC6)CC=C3)C3=c4sc5c(-c6ccccc6)cccc5c4=CCC3)cc2)C2CCC=CC2=C1. The number of allylic oxidation sites excluding steroid dienone is 10. The van der Waals surface area contributed by atoms with Gasteiger partial charge in [0, 0.05) is 55.5 Å². The number of hydrogen-bond donors (Lipinski definition) is 0. The lowest BCUT2D eigenvalue weighted by atomic mass is 9.74. The van der Waals surface area contributed by atoms with Gasteiger partial charge in [0.2, 0.25) is 0 Å². The molecule has 2 heterocycles. The molecular weight excluding hydrogens is 687 g/mol. The first kappa shape index (κ1) is 32.8. The summed E-state index contributed by atoms with van der Waals surface area (Å²) in [6, 6.07) is 34.1. The van der Waals surface area contributed by atoms with E-state index >= 15 is 0 Å². The second-order valence-electron chi connectivity index (χ2n) is 15.6. The zero-order chi connectivity index (χ0) is 36.3. The van der Waals surface area contributed by atoms with Gasteiger partial charge in [-0.1, -0.05) is 134 Å². The molecule has 2 nitrogen and oxygen atoms in total. The molecule has 0 amide bonds. The molecule has 0 bridgehead atoms. The monoisotopic (exact) mass is 729 g/mol. The lowest BCUT2D eigenvalue weighted by Crippen LogP contribution is -2.34. The first-order chi connectivity index (χ1) is 27.3. The quantitative estimate of drug-likeness (QED) is 0.170. The maximum Gasteiger partial charge on any atom is 0.138 e. The molecule has 11 rings (SSSR count). The number of benzene rings is 4. The van der Waals surface area contributed by atoms with E-state index in [1.165, 1.54) is 82.1 Å². The molecule has 6 aromatic rings. The van der Waals surface area contributed by atoms with Crippen LogP contribution in [-0.4, -0.2) is 0 Å². The highest BCUT2D eigenvalue weighted by molar-refractivity contribution is 7.17. The lowest BCUT2D eigenvalue weighted by Gasteiger charge is -2.33. The highest BCUT2D eigenvalue weighted by Crippen LogP contribution is 2.43. The predicted octanol–water partition coefficient (Wildman–Crippen LogP) is 12.6. The van der Waals surface area contributed by atoms with Crippen LogP contribution in [0.1, 0.15) is 72.8 Å². The summed E-state index contributed by atoms with van der Waals surface area (Å²) in [4.78, 5) is 2.59. The number of anilines is 1. The van der Waals surface area contributed by atoms with Crippen LogP contribution in [0.3, 0.4) is 0 Å². The Morgan fingerprint density at radius 1 is 0.745 bits per heavy atom. The van der Waals surface area contributed by atoms with Gasteiger partial charge in [0.25, 0.3) is 0 Å². The van der Waals surface area contributed by atoms with E-state index in [0.29, 0.717) is 11.8 Å². The predicted molar refractivity (Wildman–Crippen MR) is 233 cm³/mol. The number of fused-ring (bicyclic) bond motifs is 7. The molecular formula is C52H43NOS. The minimum Gasteiger partial charge on any atom is -0.456 e. The van der Waals surface area contributed by atoms with Crippen molar-refractivity contribution in [3.63, 3.8) is 0 Å². The fraction of sp³-hybridized carbons (Fsp3) is 0.192. The standard InChI is InChI=1S/C52H43NOS/c1-2-13-35(14-3-1)43-23-11-25-46-47-26-12-27-48(52(47)55-51(43)46)53(38-31-29-36(30-32-38)41-21-9-16-34-15-4-5-19-40(34)41)39-18-8-17-37(33-39)42-22-10-24-45-44-20-6-7-28-49(44)54-50(42)45/h1-4,7-11,13-16,18,21-26,28-33,37,40-41H,5-6,12,17,19-20,27H2. The second kappa shape index (κ2) is 13.6. The Labute approximate surface area is 326 Å². The number of rotatable bonds is 6. The number of thiophene rings is 1. The van der Waals surface area contributed by atoms with E-state index < -0.39 is 0 Å². The average Bonchev–Trinajstić information content (AvgIpc) is 3.84. The number of furan rings is 1. The second-order valence-corrected chi connectivity index (χ2v) is 16.6. The van der Waals surface area contributed by atoms with Crippen LogP contribution in [0.15, 0.2) is 161 Å². The summed E-state index contributed by atoms with van der Waals surface area (Å²) in [5.41, 5.74) is 13.0. The molecule has 0 fully saturated rings. The van der Waals surface area contributed by atoms with E-state index in [-0.39, 0.29) is 5.92 Å². The van der Waals surface area contributed by atoms with Crippen molar-refractivity contribution in [3.05, 3.63) is 189 Å². The summed E-state index contributed by atoms with van der Waals surface area (Å²) in [5, 5.41) is 4.02. The van der Waals surface area contributed by atoms with Gasteiger partial charge < -0.3 is 9.32 Å². The topological polar surface area (TPSA) is 16.4 Å². The van der Waals surface area contributed by atoms with Crippen LogP contribution in [0.25, 0.3) is 50.0 Å². The van der Waals surface area contributed by atoms with Crippen molar-refractivity contribution in [1.82, 2.24) is 0 Å². The summed E-state index contributed by atoms with van der Waals surface area (Å²) in [6.07, 6.45) is 33.3. The molecule has 0 spiro atoms. The largest absolute Gasteiger partial charge is 0.456 e. The van der Waals surface area contributed by atoms with Crippen LogP contribution in [0.2, 0.25) is 0 Å². The van der Waals surface area contributed by atoms with Crippen LogP contribution in [0.4, 0.5) is 5.69 Å². The minimum absolute atomic E-state index is 0.210. The Hall–Kier alpha value is -5.64. The first-order valence-corrected chi connectivity index (χ1v) is 20.9. The lowest BCUT2D eigenvalue weighted by molar-refractivity contribution is 0.507. The first-order valence-electron chi connectivity index (χ1n) is 20.1. The Morgan fingerprint density at radius 2 is 1.62 bits per heavy atom. The summed E-state index contributed by atoms with van der Waals surface area (Å²) < 4.78 is 9.39. The third-order valence-electron chi connectivity index (χ3n) is 12.5. The molecule has 0 radical (unpaired) electrons. The van der Waals surface area contributed by atoms with Gasteiger partial charge in [0.15, 0.2) is 0 Å². The fourth-order valence-electron chi connectivity index (χ4n) is 9.85. The summed E-state index contributed by atoms with van der Waals surface area (Å²) in [7, 11) is 0. The normalized spacial score (nSPS) is 21.2. The molecule has 55 heavy (non-hydrogen) atoms. The number of aryl methyl sites for hydroxylation is 1. The van der Waals surface area contributed by atoms with Crippen LogP contribution in [-0.2, 0) is 6.42 Å². The van der Waals surface area contributed by atoms with Gasteiger partial charge in [0.05, 0.1) is 4.53 Å². The van der Waals surface area contributed by atoms with Crippen LogP contribution < -0.4 is 14.7 Å². The number of para-hydroxylation sites is 1. The minimum atomic E-state index is 0.210. The number of hydrogen-bond acceptors (Lipinski definition) is 3. The molecule has 2 aromatic heterocycles. The molecule has 0 saturated heterocycles. The summed E-state index contributed by atoms with van der Waals surface area (Å²) in [5.74, 6) is 2.20. The van der Waals surface area contributed by atoms with Crippen LogP contribution >= 0.6 is 11.3 Å². The van der Waals surface area contributed by atoms with E-state index in [9.17, 15) is 0 Å². The van der Waals surface area contributed by atoms with Crippen LogP contribution in [0, 0.1) is 5.92 Å². The van der Waals surface area contributed by atoms with Crippen LogP contribution in [0.5, 0.6) is 0 Å². The third-order valence-corrected chi connectivity index (χ3v) is 13.8. The molecule has 0 saturated carbocycles. The zero-order valence-electron chi connectivity index (χ0n) is 31.0. The highest BCUT2D eigenvalue weighted by Gasteiger charge is 2.29. The van der Waals surface area contributed by atoms with Gasteiger partial charge in [-0.15, -0.1) is 11.3 Å². The van der Waals surface area contributed by atoms with E-state index in [1.54, 1.807) is 0 Å². The molecule has 268 valence electrons. The molecule has 3 heteroatoms. The van der Waals surface area contributed by atoms with E-state index in [2.05, 4.69) is 163 Å². The maximum absolute atomic E-state index is 6.63. The Balaban J connectivity index is 1.07. The molecule has 4 aromatic carbocycles. The summed E-state index contributed by atoms with van der Waals surface area (Å²) in [6.45, 7) is 0. The van der Waals surface area contributed by atoms with E-state index in [0.717, 1.165) is 49.9 Å². The fourth-order valence-corrected chi connectivity index (χ4v) is 11.2. The van der Waals surface area contributed by atoms with Crippen molar-refractivity contribution in [2.24, 2.45) is 5.92 Å². The molecule has 0 N–H and O–H groups in total. The Morgan fingerprint density at radius 3 is 2.55 bits per heavy atom. The van der Waals surface area contributed by atoms with E-state index in [1.807, 2.05) is 11.3 Å². The molecule has 5 aliphatic carbocycles. The highest BCUT2D eigenvalue weighted by atomic mass is 32.1. The zero-order valence-corrected chi connectivity index (χ0v) is 31.8. The molecule has 3 atom stereocenters. The van der Waals surface area contributed by atoms with Crippen molar-refractivity contribution >= 4 is 55.9 Å². The maximum atomic E-state index is 6.63. The smallest absolute Gasteiger partial charge is 0.138 e. The van der Waals surface area contributed by atoms with Crippen molar-refractivity contribution < 1.29 is 4.42 Å². The van der Waals surface area contributed by atoms with Crippen molar-refractivity contribution in [2.75, 3.05) is 4.90 Å². The van der Waals surface area contributed by atoms with Gasteiger partial charge in [-0.3, -0.25) is 0 Å². The summed E-state index contributed by atoms with van der Waals surface area (Å²) >= 11 is 1.96. The molecule has 0 aliphatic heterocycles. The Kier molecular flexibility index (Phi) is 8.09. The van der Waals surface area contributed by atoms with Crippen molar-refractivity contribution in [2.45, 2.75) is 56.8 Å². The van der Waals surface area contributed by atoms with Crippen molar-refractivity contribution in [3.8, 4) is 11.1 Å². The molecule has 3 unspecified atom stereocenters. The van der Waals surface area contributed by atoms with Gasteiger partial charge in [-0.2, -0.15) is 0 Å². The van der Waals surface area contributed by atoms with Gasteiger partial charge >= 0.3 is 0 Å². The Bertz CT molecular complexity index is 2800. The van der Waals surface area contributed by atoms with Crippen molar-refractivity contribution in [1.29, 1.82) is 0 Å². The third kappa shape index (κ3) is 5.59. The van der Waals surface area contributed by atoms with E-state index in [4.69, 9.17) is 4.42 Å². The average molecular weight is 730 g/mol. The number of nitrogens with zero attached hydrogens (tertiary/aromatic N) is 1. The molecule has 5 aliphatic rings. The van der Waals surface area contributed by atoms with Gasteiger partial charge in [-0.05, 0) is 103 Å². The van der Waals surface area contributed by atoms with Gasteiger partial charge in [0.1, 0.15) is 11.3 Å². The van der Waals surface area contributed by atoms with Gasteiger partial charge in [-0.25, -0.2) is 0 Å².